The van der Waals surface area contributed by atoms with Crippen LogP contribution in [0.15, 0.2) is 54.9 Å². The number of H-pyrrole nitrogens is 1. The minimum atomic E-state index is -0.514. The van der Waals surface area contributed by atoms with Crippen LogP contribution in [-0.2, 0) is 17.7 Å². The summed E-state index contributed by atoms with van der Waals surface area (Å²) in [5.74, 6) is 0.555. The van der Waals surface area contributed by atoms with Crippen LogP contribution in [0.3, 0.4) is 0 Å². The van der Waals surface area contributed by atoms with E-state index in [9.17, 15) is 9.18 Å². The van der Waals surface area contributed by atoms with Crippen molar-refractivity contribution in [1.82, 2.24) is 24.7 Å². The summed E-state index contributed by atoms with van der Waals surface area (Å²) in [5, 5.41) is 1.16. The van der Waals surface area contributed by atoms with E-state index in [0.717, 1.165) is 36.6 Å². The first-order valence-corrected chi connectivity index (χ1v) is 13.9. The Balaban J connectivity index is 1.50. The Morgan fingerprint density at radius 3 is 2.44 bits per heavy atom. The SMILES string of the molecule is CC(C)(C)OC(=O)N1CCN(CCN(Cc2cccc(F)c2)C(Cc2cc(Cl)cc(Cl)c2)c2ncc[nH]2)CC1. The molecular formula is C29H36Cl2FN5O2. The Kier molecular flexibility index (Phi) is 9.88. The number of piperazine rings is 1. The molecule has 1 fully saturated rings. The van der Waals surface area contributed by atoms with Gasteiger partial charge in [0.2, 0.25) is 0 Å². The van der Waals surface area contributed by atoms with Crippen molar-refractivity contribution < 1.29 is 13.9 Å². The van der Waals surface area contributed by atoms with Gasteiger partial charge in [0, 0.05) is 68.3 Å². The zero-order valence-corrected chi connectivity index (χ0v) is 24.2. The number of hydrogen-bond donors (Lipinski definition) is 1. The molecule has 0 bridgehead atoms. The van der Waals surface area contributed by atoms with Gasteiger partial charge in [0.1, 0.15) is 17.2 Å². The number of aromatic amines is 1. The number of carbonyl (C=O) groups excluding carboxylic acids is 1. The Morgan fingerprint density at radius 2 is 1.82 bits per heavy atom. The molecule has 0 spiro atoms. The van der Waals surface area contributed by atoms with Crippen molar-refractivity contribution in [2.45, 2.75) is 45.4 Å². The summed E-state index contributed by atoms with van der Waals surface area (Å²) >= 11 is 12.6. The number of aromatic nitrogens is 2. The van der Waals surface area contributed by atoms with Gasteiger partial charge in [-0.25, -0.2) is 14.2 Å². The summed E-state index contributed by atoms with van der Waals surface area (Å²) in [6.45, 7) is 10.4. The van der Waals surface area contributed by atoms with Gasteiger partial charge in [0.25, 0.3) is 0 Å². The molecule has 1 aliphatic rings. The molecule has 1 atom stereocenters. The van der Waals surface area contributed by atoms with Crippen molar-refractivity contribution in [1.29, 1.82) is 0 Å². The standard InChI is InChI=1S/C29H36Cl2FN5O2/c1-29(2,3)39-28(38)36-12-9-35(10-13-36)11-14-37(20-21-5-4-6-25(32)17-21)26(27-33-7-8-34-27)18-22-15-23(30)19-24(31)16-22/h4-8,15-17,19,26H,9-14,18,20H2,1-3H3,(H,33,34). The normalized spacial score (nSPS) is 15.5. The Bertz CT molecular complexity index is 1210. The van der Waals surface area contributed by atoms with Gasteiger partial charge in [-0.15, -0.1) is 0 Å². The van der Waals surface area contributed by atoms with Crippen molar-refractivity contribution >= 4 is 29.3 Å². The predicted octanol–water partition coefficient (Wildman–Crippen LogP) is 6.19. The number of nitrogens with zero attached hydrogens (tertiary/aromatic N) is 4. The van der Waals surface area contributed by atoms with Crippen molar-refractivity contribution in [3.8, 4) is 0 Å². The lowest BCUT2D eigenvalue weighted by Gasteiger charge is -2.37. The Labute approximate surface area is 239 Å². The second-order valence-electron chi connectivity index (χ2n) is 10.9. The van der Waals surface area contributed by atoms with Gasteiger partial charge in [-0.05, 0) is 68.7 Å². The maximum absolute atomic E-state index is 14.1. The van der Waals surface area contributed by atoms with Crippen LogP contribution in [0.25, 0.3) is 0 Å². The monoisotopic (exact) mass is 575 g/mol. The minimum Gasteiger partial charge on any atom is -0.444 e. The van der Waals surface area contributed by atoms with Gasteiger partial charge in [-0.3, -0.25) is 9.80 Å². The summed E-state index contributed by atoms with van der Waals surface area (Å²) in [6.07, 6.45) is 3.90. The van der Waals surface area contributed by atoms with Crippen LogP contribution < -0.4 is 0 Å². The van der Waals surface area contributed by atoms with E-state index in [0.29, 0.717) is 42.6 Å². The first-order valence-electron chi connectivity index (χ1n) is 13.2. The number of amides is 1. The number of rotatable bonds is 9. The molecule has 210 valence electrons. The van der Waals surface area contributed by atoms with Crippen molar-refractivity contribution in [3.63, 3.8) is 0 Å². The Morgan fingerprint density at radius 1 is 1.10 bits per heavy atom. The smallest absolute Gasteiger partial charge is 0.410 e. The number of halogens is 3. The molecule has 3 aromatic rings. The zero-order chi connectivity index (χ0) is 28.0. The molecule has 2 heterocycles. The van der Waals surface area contributed by atoms with Gasteiger partial charge in [0.15, 0.2) is 0 Å². The molecule has 0 radical (unpaired) electrons. The third kappa shape index (κ3) is 8.93. The molecule has 7 nitrogen and oxygen atoms in total. The van der Waals surface area contributed by atoms with Crippen molar-refractivity contribution in [2.24, 2.45) is 0 Å². The molecule has 0 saturated carbocycles. The molecule has 1 amide bonds. The number of hydrogen-bond acceptors (Lipinski definition) is 5. The average molecular weight is 577 g/mol. The highest BCUT2D eigenvalue weighted by Gasteiger charge is 2.28. The number of nitrogens with one attached hydrogen (secondary N) is 1. The predicted molar refractivity (Wildman–Crippen MR) is 153 cm³/mol. The molecule has 4 rings (SSSR count). The lowest BCUT2D eigenvalue weighted by molar-refractivity contribution is 0.0132. The van der Waals surface area contributed by atoms with Crippen LogP contribution in [-0.4, -0.2) is 75.6 Å². The average Bonchev–Trinajstić information content (AvgIpc) is 3.39. The molecule has 1 saturated heterocycles. The number of ether oxygens (including phenoxy) is 1. The van der Waals surface area contributed by atoms with Gasteiger partial charge in [-0.1, -0.05) is 35.3 Å². The van der Waals surface area contributed by atoms with Crippen LogP contribution in [0, 0.1) is 5.82 Å². The molecular weight excluding hydrogens is 540 g/mol. The van der Waals surface area contributed by atoms with E-state index < -0.39 is 5.60 Å². The summed E-state index contributed by atoms with van der Waals surface area (Å²) in [6, 6.07) is 12.1. The fourth-order valence-electron chi connectivity index (χ4n) is 4.78. The summed E-state index contributed by atoms with van der Waals surface area (Å²) in [7, 11) is 0. The van der Waals surface area contributed by atoms with E-state index in [1.807, 2.05) is 45.2 Å². The van der Waals surface area contributed by atoms with Crippen LogP contribution >= 0.6 is 23.2 Å². The van der Waals surface area contributed by atoms with Gasteiger partial charge < -0.3 is 14.6 Å². The van der Waals surface area contributed by atoms with Crippen LogP contribution in [0.5, 0.6) is 0 Å². The van der Waals surface area contributed by atoms with E-state index in [-0.39, 0.29) is 18.0 Å². The number of benzene rings is 2. The molecule has 1 unspecified atom stereocenters. The number of carbonyl (C=O) groups is 1. The third-order valence-electron chi connectivity index (χ3n) is 6.63. The Hall–Kier alpha value is -2.65. The molecule has 1 N–H and O–H groups in total. The van der Waals surface area contributed by atoms with E-state index in [1.54, 1.807) is 29.3 Å². The first kappa shape index (κ1) is 29.3. The minimum absolute atomic E-state index is 0.124. The lowest BCUT2D eigenvalue weighted by Crippen LogP contribution is -2.51. The quantitative estimate of drug-likeness (QED) is 0.329. The third-order valence-corrected chi connectivity index (χ3v) is 7.07. The second-order valence-corrected chi connectivity index (χ2v) is 11.8. The van der Waals surface area contributed by atoms with Crippen LogP contribution in [0.2, 0.25) is 10.0 Å². The molecule has 0 aliphatic carbocycles. The highest BCUT2D eigenvalue weighted by Crippen LogP contribution is 2.28. The maximum Gasteiger partial charge on any atom is 0.410 e. The number of imidazole rings is 1. The van der Waals surface area contributed by atoms with E-state index in [1.165, 1.54) is 6.07 Å². The molecule has 39 heavy (non-hydrogen) atoms. The van der Waals surface area contributed by atoms with Gasteiger partial charge in [0.05, 0.1) is 6.04 Å². The molecule has 2 aromatic carbocycles. The van der Waals surface area contributed by atoms with Crippen molar-refractivity contribution in [3.05, 3.63) is 87.7 Å². The molecule has 1 aliphatic heterocycles. The fraction of sp³-hybridized carbons (Fsp3) is 0.448. The second kappa shape index (κ2) is 13.1. The van der Waals surface area contributed by atoms with Gasteiger partial charge in [-0.2, -0.15) is 0 Å². The largest absolute Gasteiger partial charge is 0.444 e. The highest BCUT2D eigenvalue weighted by molar-refractivity contribution is 6.34. The van der Waals surface area contributed by atoms with Crippen molar-refractivity contribution in [2.75, 3.05) is 39.3 Å². The fourth-order valence-corrected chi connectivity index (χ4v) is 5.35. The van der Waals surface area contributed by atoms with E-state index in [4.69, 9.17) is 27.9 Å². The first-order chi connectivity index (χ1) is 18.6. The maximum atomic E-state index is 14.1. The summed E-state index contributed by atoms with van der Waals surface area (Å²) in [5.41, 5.74) is 1.36. The summed E-state index contributed by atoms with van der Waals surface area (Å²) < 4.78 is 19.6. The van der Waals surface area contributed by atoms with E-state index in [2.05, 4.69) is 19.8 Å². The molecule has 1 aromatic heterocycles. The molecule has 10 heteroatoms. The topological polar surface area (TPSA) is 64.7 Å². The summed E-state index contributed by atoms with van der Waals surface area (Å²) in [4.78, 5) is 26.7. The van der Waals surface area contributed by atoms with Crippen LogP contribution in [0.1, 0.15) is 43.8 Å². The van der Waals surface area contributed by atoms with Gasteiger partial charge >= 0.3 is 6.09 Å². The van der Waals surface area contributed by atoms with Crippen LogP contribution in [0.4, 0.5) is 9.18 Å². The lowest BCUT2D eigenvalue weighted by atomic mass is 10.0. The highest BCUT2D eigenvalue weighted by atomic mass is 35.5. The van der Waals surface area contributed by atoms with E-state index >= 15 is 0 Å². The zero-order valence-electron chi connectivity index (χ0n) is 22.7.